The van der Waals surface area contributed by atoms with Crippen molar-refractivity contribution < 1.29 is 80.2 Å². The minimum absolute atomic E-state index is 0.106. The Kier molecular flexibility index (Phi) is 56.2. The van der Waals surface area contributed by atoms with Crippen LogP contribution in [0.2, 0.25) is 0 Å². The number of hydrogen-bond donors (Lipinski definition) is 3. The fourth-order valence-corrected chi connectivity index (χ4v) is 11.3. The van der Waals surface area contributed by atoms with Gasteiger partial charge >= 0.3 is 39.5 Å². The highest BCUT2D eigenvalue weighted by molar-refractivity contribution is 7.47. The molecule has 19 heteroatoms. The van der Waals surface area contributed by atoms with Gasteiger partial charge in [-0.1, -0.05) is 273 Å². The molecule has 17 nitrogen and oxygen atoms in total. The van der Waals surface area contributed by atoms with E-state index in [1.54, 1.807) is 0 Å². The zero-order chi connectivity index (χ0) is 62.2. The molecule has 0 aliphatic carbocycles. The number of carbonyl (C=O) groups is 4. The summed E-state index contributed by atoms with van der Waals surface area (Å²) in [4.78, 5) is 72.2. The van der Waals surface area contributed by atoms with Crippen LogP contribution in [0.15, 0.2) is 0 Å². The van der Waals surface area contributed by atoms with Crippen LogP contribution in [0, 0.1) is 11.8 Å². The number of phosphoric acid groups is 2. The number of aliphatic hydroxyl groups is 1. The molecule has 0 saturated heterocycles. The molecule has 0 bridgehead atoms. The molecule has 0 heterocycles. The number of carbonyl (C=O) groups excluding carboxylic acids is 4. The molecule has 3 N–H and O–H groups in total. The summed E-state index contributed by atoms with van der Waals surface area (Å²) in [5.74, 6) is -0.605. The molecule has 0 aromatic carbocycles. The molecule has 84 heavy (non-hydrogen) atoms. The number of unbranched alkanes of at least 4 members (excludes halogenated alkanes) is 33. The second-order valence-corrected chi connectivity index (χ2v) is 27.1. The van der Waals surface area contributed by atoms with E-state index < -0.39 is 97.5 Å². The topological polar surface area (TPSA) is 237 Å². The molecule has 0 aliphatic heterocycles. The number of ether oxygens (including phenoxy) is 4. The van der Waals surface area contributed by atoms with Crippen molar-refractivity contribution >= 4 is 39.5 Å². The van der Waals surface area contributed by atoms with Crippen molar-refractivity contribution in [3.05, 3.63) is 0 Å². The molecule has 6 atom stereocenters. The van der Waals surface area contributed by atoms with E-state index in [4.69, 9.17) is 37.0 Å². The average molecular weight is 1240 g/mol. The zero-order valence-electron chi connectivity index (χ0n) is 54.2. The van der Waals surface area contributed by atoms with Crippen LogP contribution in [0.25, 0.3) is 0 Å². The summed E-state index contributed by atoms with van der Waals surface area (Å²) >= 11 is 0. The first-order valence-corrected chi connectivity index (χ1v) is 37.0. The third kappa shape index (κ3) is 57.8. The van der Waals surface area contributed by atoms with Crippen molar-refractivity contribution in [1.29, 1.82) is 0 Å². The Morgan fingerprint density at radius 2 is 0.607 bits per heavy atom. The van der Waals surface area contributed by atoms with Crippen molar-refractivity contribution in [2.75, 3.05) is 39.6 Å². The van der Waals surface area contributed by atoms with Gasteiger partial charge in [0.2, 0.25) is 0 Å². The van der Waals surface area contributed by atoms with Gasteiger partial charge in [0.1, 0.15) is 19.3 Å². The molecule has 0 rings (SSSR count). The highest BCUT2D eigenvalue weighted by Gasteiger charge is 2.30. The molecule has 0 radical (unpaired) electrons. The molecule has 0 fully saturated rings. The van der Waals surface area contributed by atoms with E-state index in [1.165, 1.54) is 135 Å². The molecule has 0 spiro atoms. The van der Waals surface area contributed by atoms with E-state index in [9.17, 15) is 43.2 Å². The minimum Gasteiger partial charge on any atom is -0.462 e. The van der Waals surface area contributed by atoms with Crippen LogP contribution in [-0.4, -0.2) is 96.7 Å². The number of phosphoric ester groups is 2. The van der Waals surface area contributed by atoms with Gasteiger partial charge in [0.25, 0.3) is 0 Å². The second-order valence-electron chi connectivity index (χ2n) is 24.2. The SMILES string of the molecule is CCCCCCCCCCCCCC(=O)O[C@H](COC(=O)CCCCCCCCCC)COP(=O)(O)OC[C@H](O)COP(=O)(O)OC[C@@H](COC(=O)CCCCCCCCCCC(C)C)OC(=O)CCCCCCCCCCCCC(C)CC. The summed E-state index contributed by atoms with van der Waals surface area (Å²) in [5, 5.41) is 10.5. The summed E-state index contributed by atoms with van der Waals surface area (Å²) in [6, 6.07) is 0. The largest absolute Gasteiger partial charge is 0.472 e. The zero-order valence-corrected chi connectivity index (χ0v) is 56.0. The van der Waals surface area contributed by atoms with Gasteiger partial charge in [-0.2, -0.15) is 0 Å². The van der Waals surface area contributed by atoms with Gasteiger partial charge in [-0.3, -0.25) is 37.3 Å². The number of rotatable bonds is 64. The van der Waals surface area contributed by atoms with Gasteiger partial charge in [0.05, 0.1) is 26.4 Å². The van der Waals surface area contributed by atoms with Gasteiger partial charge in [0.15, 0.2) is 12.2 Å². The van der Waals surface area contributed by atoms with Crippen molar-refractivity contribution in [3.63, 3.8) is 0 Å². The van der Waals surface area contributed by atoms with Crippen LogP contribution in [0.5, 0.6) is 0 Å². The molecular formula is C65H126O17P2. The van der Waals surface area contributed by atoms with E-state index >= 15 is 0 Å². The summed E-state index contributed by atoms with van der Waals surface area (Å²) in [6.45, 7) is 9.47. The standard InChI is InChI=1S/C65H126O17P2/c1-7-10-12-14-16-18-19-23-31-37-43-49-64(69)81-60(53-75-62(67)47-41-35-29-17-15-13-11-8-2)55-79-83(71,72)77-51-59(66)52-78-84(73,74)80-56-61(54-76-63(68)48-42-36-30-26-25-27-33-39-45-57(4)5)82-65(70)50-44-38-32-24-21-20-22-28-34-40-46-58(6)9-3/h57-61,66H,7-56H2,1-6H3,(H,71,72)(H,73,74)/t58?,59-,60+,61+/m0/s1. The fourth-order valence-electron chi connectivity index (χ4n) is 9.68. The van der Waals surface area contributed by atoms with Crippen molar-refractivity contribution in [3.8, 4) is 0 Å². The number of aliphatic hydroxyl groups excluding tert-OH is 1. The first-order chi connectivity index (χ1) is 40.4. The van der Waals surface area contributed by atoms with Gasteiger partial charge < -0.3 is 33.8 Å². The van der Waals surface area contributed by atoms with Gasteiger partial charge in [-0.15, -0.1) is 0 Å². The van der Waals surface area contributed by atoms with Crippen molar-refractivity contribution in [2.24, 2.45) is 11.8 Å². The first-order valence-electron chi connectivity index (χ1n) is 34.0. The predicted octanol–water partition coefficient (Wildman–Crippen LogP) is 18.0. The van der Waals surface area contributed by atoms with Crippen LogP contribution in [0.1, 0.15) is 324 Å². The van der Waals surface area contributed by atoms with E-state index in [0.29, 0.717) is 25.7 Å². The maximum absolute atomic E-state index is 13.0. The number of hydrogen-bond acceptors (Lipinski definition) is 15. The fraction of sp³-hybridized carbons (Fsp3) is 0.938. The van der Waals surface area contributed by atoms with E-state index in [0.717, 1.165) is 108 Å². The van der Waals surface area contributed by atoms with Gasteiger partial charge in [-0.05, 0) is 37.5 Å². The predicted molar refractivity (Wildman–Crippen MR) is 335 cm³/mol. The van der Waals surface area contributed by atoms with Crippen LogP contribution >= 0.6 is 15.6 Å². The van der Waals surface area contributed by atoms with Gasteiger partial charge in [-0.25, -0.2) is 9.13 Å². The highest BCUT2D eigenvalue weighted by atomic mass is 31.2. The van der Waals surface area contributed by atoms with Crippen LogP contribution in [0.4, 0.5) is 0 Å². The Labute approximate surface area is 511 Å². The maximum atomic E-state index is 13.0. The molecule has 0 aromatic rings. The molecule has 0 saturated carbocycles. The number of esters is 4. The Bertz CT molecular complexity index is 1650. The maximum Gasteiger partial charge on any atom is 0.472 e. The Balaban J connectivity index is 5.24. The average Bonchev–Trinajstić information content (AvgIpc) is 3.61. The quantitative estimate of drug-likeness (QED) is 0.0222. The highest BCUT2D eigenvalue weighted by Crippen LogP contribution is 2.45. The van der Waals surface area contributed by atoms with Crippen LogP contribution < -0.4 is 0 Å². The third-order valence-corrected chi connectivity index (χ3v) is 17.2. The Hall–Kier alpha value is -1.94. The van der Waals surface area contributed by atoms with Crippen molar-refractivity contribution in [1.82, 2.24) is 0 Å². The lowest BCUT2D eigenvalue weighted by Crippen LogP contribution is -2.30. The van der Waals surface area contributed by atoms with Gasteiger partial charge in [0, 0.05) is 25.7 Å². The minimum atomic E-state index is -4.95. The summed E-state index contributed by atoms with van der Waals surface area (Å²) in [6.07, 6.45) is 40.2. The van der Waals surface area contributed by atoms with Crippen LogP contribution in [-0.2, 0) is 65.4 Å². The molecule has 498 valence electrons. The van der Waals surface area contributed by atoms with E-state index in [2.05, 4.69) is 41.5 Å². The van der Waals surface area contributed by atoms with Crippen LogP contribution in [0.3, 0.4) is 0 Å². The summed E-state index contributed by atoms with van der Waals surface area (Å²) < 4.78 is 68.0. The second kappa shape index (κ2) is 57.5. The van der Waals surface area contributed by atoms with E-state index in [1.807, 2.05) is 0 Å². The third-order valence-electron chi connectivity index (χ3n) is 15.3. The van der Waals surface area contributed by atoms with E-state index in [-0.39, 0.29) is 25.7 Å². The smallest absolute Gasteiger partial charge is 0.462 e. The first kappa shape index (κ1) is 82.1. The molecular weight excluding hydrogens is 1110 g/mol. The van der Waals surface area contributed by atoms with Crippen molar-refractivity contribution in [2.45, 2.75) is 342 Å². The lowest BCUT2D eigenvalue weighted by Gasteiger charge is -2.21. The molecule has 3 unspecified atom stereocenters. The molecule has 0 aromatic heterocycles. The Morgan fingerprint density at radius 3 is 0.905 bits per heavy atom. The monoisotopic (exact) mass is 1240 g/mol. The summed E-state index contributed by atoms with van der Waals surface area (Å²) in [5.41, 5.74) is 0. The molecule has 0 amide bonds. The summed E-state index contributed by atoms with van der Waals surface area (Å²) in [7, 11) is -9.89. The molecule has 0 aliphatic rings. The lowest BCUT2D eigenvalue weighted by atomic mass is 9.99. The lowest BCUT2D eigenvalue weighted by molar-refractivity contribution is -0.161. The Morgan fingerprint density at radius 1 is 0.345 bits per heavy atom. The normalized spacial score (nSPS) is 14.6.